The Hall–Kier alpha value is -1.06. The molecule has 1 saturated carbocycles. The van der Waals surface area contributed by atoms with Crippen molar-refractivity contribution >= 4 is 0 Å². The van der Waals surface area contributed by atoms with Gasteiger partial charge in [0.2, 0.25) is 0 Å². The van der Waals surface area contributed by atoms with Gasteiger partial charge in [0.1, 0.15) is 5.41 Å². The van der Waals surface area contributed by atoms with Crippen LogP contribution < -0.4 is 0 Å². The third-order valence-electron chi connectivity index (χ3n) is 2.03. The van der Waals surface area contributed by atoms with Crippen molar-refractivity contribution in [1.29, 1.82) is 10.5 Å². The monoisotopic (exact) mass is 150 g/mol. The zero-order chi connectivity index (χ0) is 8.32. The van der Waals surface area contributed by atoms with E-state index < -0.39 is 5.41 Å². The van der Waals surface area contributed by atoms with Gasteiger partial charge < -0.3 is 4.74 Å². The summed E-state index contributed by atoms with van der Waals surface area (Å²) >= 11 is 0. The quantitative estimate of drug-likeness (QED) is 0.604. The molecule has 0 aromatic carbocycles. The predicted molar refractivity (Wildman–Crippen MR) is 38.3 cm³/mol. The maximum atomic E-state index is 8.60. The zero-order valence-electron chi connectivity index (χ0n) is 6.50. The molecular formula is C8H10N2O. The summed E-state index contributed by atoms with van der Waals surface area (Å²) in [5.74, 6) is 0.150. The van der Waals surface area contributed by atoms with Crippen molar-refractivity contribution in [3.63, 3.8) is 0 Å². The summed E-state index contributed by atoms with van der Waals surface area (Å²) in [4.78, 5) is 0. The topological polar surface area (TPSA) is 56.8 Å². The van der Waals surface area contributed by atoms with Crippen LogP contribution in [-0.4, -0.2) is 13.2 Å². The summed E-state index contributed by atoms with van der Waals surface area (Å²) in [6, 6.07) is 4.04. The average molecular weight is 150 g/mol. The normalized spacial score (nSPS) is 25.2. The van der Waals surface area contributed by atoms with Crippen molar-refractivity contribution in [2.75, 3.05) is 13.2 Å². The van der Waals surface area contributed by atoms with Gasteiger partial charge in [-0.3, -0.25) is 0 Å². The summed E-state index contributed by atoms with van der Waals surface area (Å²) in [6.07, 6.45) is 0.681. The Morgan fingerprint density at radius 3 is 2.55 bits per heavy atom. The van der Waals surface area contributed by atoms with Gasteiger partial charge in [0, 0.05) is 12.5 Å². The lowest BCUT2D eigenvalue weighted by molar-refractivity contribution is 0.132. The molecule has 0 heterocycles. The lowest BCUT2D eigenvalue weighted by atomic mass is 10.1. The molecule has 0 aliphatic heterocycles. The minimum absolute atomic E-state index is 0.150. The first-order chi connectivity index (χ1) is 5.29. The molecule has 0 aromatic rings. The van der Waals surface area contributed by atoms with Gasteiger partial charge in [-0.05, 0) is 13.3 Å². The summed E-state index contributed by atoms with van der Waals surface area (Å²) in [7, 11) is 0. The molecule has 3 nitrogen and oxygen atoms in total. The van der Waals surface area contributed by atoms with E-state index in [1.807, 2.05) is 19.1 Å². The molecule has 0 bridgehead atoms. The molecular weight excluding hydrogens is 140 g/mol. The fraction of sp³-hybridized carbons (Fsp3) is 0.750. The van der Waals surface area contributed by atoms with E-state index in [0.29, 0.717) is 19.6 Å². The van der Waals surface area contributed by atoms with E-state index in [9.17, 15) is 0 Å². The largest absolute Gasteiger partial charge is 0.381 e. The van der Waals surface area contributed by atoms with Gasteiger partial charge >= 0.3 is 0 Å². The lowest BCUT2D eigenvalue weighted by Gasteiger charge is -1.98. The molecule has 0 radical (unpaired) electrons. The Morgan fingerprint density at radius 1 is 1.55 bits per heavy atom. The Balaban J connectivity index is 2.36. The second-order valence-electron chi connectivity index (χ2n) is 2.76. The number of hydrogen-bond donors (Lipinski definition) is 0. The van der Waals surface area contributed by atoms with Crippen LogP contribution in [0.2, 0.25) is 0 Å². The van der Waals surface area contributed by atoms with Crippen LogP contribution in [0.25, 0.3) is 0 Å². The fourth-order valence-electron chi connectivity index (χ4n) is 1.09. The molecule has 58 valence electrons. The Bertz CT molecular complexity index is 209. The molecule has 0 amide bonds. The van der Waals surface area contributed by atoms with E-state index in [1.165, 1.54) is 0 Å². The third kappa shape index (κ3) is 1.34. The van der Waals surface area contributed by atoms with Crippen LogP contribution in [-0.2, 0) is 4.74 Å². The Kier molecular flexibility index (Phi) is 2.12. The van der Waals surface area contributed by atoms with E-state index >= 15 is 0 Å². The van der Waals surface area contributed by atoms with Gasteiger partial charge in [-0.2, -0.15) is 10.5 Å². The van der Waals surface area contributed by atoms with E-state index in [2.05, 4.69) is 0 Å². The number of ether oxygens (including phenoxy) is 1. The van der Waals surface area contributed by atoms with Crippen LogP contribution >= 0.6 is 0 Å². The number of hydrogen-bond acceptors (Lipinski definition) is 3. The molecule has 0 spiro atoms. The van der Waals surface area contributed by atoms with Crippen LogP contribution in [0.4, 0.5) is 0 Å². The second kappa shape index (κ2) is 2.90. The van der Waals surface area contributed by atoms with E-state index in [1.54, 1.807) is 0 Å². The van der Waals surface area contributed by atoms with Gasteiger partial charge in [0.15, 0.2) is 0 Å². The van der Waals surface area contributed by atoms with E-state index in [4.69, 9.17) is 15.3 Å². The van der Waals surface area contributed by atoms with E-state index in [0.717, 1.165) is 0 Å². The molecule has 1 rings (SSSR count). The van der Waals surface area contributed by atoms with Crippen LogP contribution in [0.3, 0.4) is 0 Å². The highest BCUT2D eigenvalue weighted by Gasteiger charge is 2.55. The smallest absolute Gasteiger partial charge is 0.149 e. The highest BCUT2D eigenvalue weighted by Crippen LogP contribution is 2.51. The van der Waals surface area contributed by atoms with Crippen molar-refractivity contribution in [3.05, 3.63) is 0 Å². The van der Waals surface area contributed by atoms with Gasteiger partial charge in [0.05, 0.1) is 18.7 Å². The van der Waals surface area contributed by atoms with Crippen LogP contribution in [0.15, 0.2) is 0 Å². The van der Waals surface area contributed by atoms with Gasteiger partial charge in [-0.15, -0.1) is 0 Å². The van der Waals surface area contributed by atoms with Crippen LogP contribution in [0.5, 0.6) is 0 Å². The maximum absolute atomic E-state index is 8.60. The fourth-order valence-corrected chi connectivity index (χ4v) is 1.09. The molecule has 1 fully saturated rings. The molecule has 0 aromatic heterocycles. The second-order valence-corrected chi connectivity index (χ2v) is 2.76. The summed E-state index contributed by atoms with van der Waals surface area (Å²) in [6.45, 7) is 3.11. The van der Waals surface area contributed by atoms with Crippen LogP contribution in [0, 0.1) is 34.0 Å². The first-order valence-electron chi connectivity index (χ1n) is 3.69. The first kappa shape index (κ1) is 8.04. The molecule has 1 unspecified atom stereocenters. The highest BCUT2D eigenvalue weighted by molar-refractivity contribution is 5.27. The molecule has 11 heavy (non-hydrogen) atoms. The first-order valence-corrected chi connectivity index (χ1v) is 3.69. The zero-order valence-corrected chi connectivity index (χ0v) is 6.50. The van der Waals surface area contributed by atoms with Crippen molar-refractivity contribution in [2.24, 2.45) is 11.3 Å². The lowest BCUT2D eigenvalue weighted by Crippen LogP contribution is -2.03. The molecule has 1 aliphatic carbocycles. The molecule has 0 N–H and O–H groups in total. The van der Waals surface area contributed by atoms with Crippen molar-refractivity contribution in [3.8, 4) is 12.1 Å². The Labute approximate surface area is 66.2 Å². The third-order valence-corrected chi connectivity index (χ3v) is 2.03. The van der Waals surface area contributed by atoms with Crippen molar-refractivity contribution in [2.45, 2.75) is 13.3 Å². The van der Waals surface area contributed by atoms with Gasteiger partial charge in [-0.1, -0.05) is 0 Å². The van der Waals surface area contributed by atoms with Gasteiger partial charge in [0.25, 0.3) is 0 Å². The summed E-state index contributed by atoms with van der Waals surface area (Å²) in [5, 5.41) is 17.2. The minimum atomic E-state index is -0.713. The SMILES string of the molecule is CCOCC1CC1(C#N)C#N. The average Bonchev–Trinajstić information content (AvgIpc) is 2.76. The number of nitrogens with zero attached hydrogens (tertiary/aromatic N) is 2. The van der Waals surface area contributed by atoms with E-state index in [-0.39, 0.29) is 5.92 Å². The van der Waals surface area contributed by atoms with Gasteiger partial charge in [-0.25, -0.2) is 0 Å². The van der Waals surface area contributed by atoms with Crippen molar-refractivity contribution in [1.82, 2.24) is 0 Å². The number of nitriles is 2. The molecule has 0 saturated heterocycles. The highest BCUT2D eigenvalue weighted by atomic mass is 16.5. The molecule has 3 heteroatoms. The predicted octanol–water partition coefficient (Wildman–Crippen LogP) is 1.08. The molecule has 1 aliphatic rings. The summed E-state index contributed by atoms with van der Waals surface area (Å²) < 4.78 is 5.11. The van der Waals surface area contributed by atoms with Crippen LogP contribution in [0.1, 0.15) is 13.3 Å². The number of rotatable bonds is 3. The van der Waals surface area contributed by atoms with Crippen molar-refractivity contribution < 1.29 is 4.74 Å². The standard InChI is InChI=1S/C8H10N2O/c1-2-11-4-7-3-8(7,5-9)6-10/h7H,2-4H2,1H3. The Morgan fingerprint density at radius 2 is 2.18 bits per heavy atom. The maximum Gasteiger partial charge on any atom is 0.149 e. The molecule has 1 atom stereocenters. The minimum Gasteiger partial charge on any atom is -0.381 e. The summed E-state index contributed by atoms with van der Waals surface area (Å²) in [5.41, 5.74) is -0.713.